The summed E-state index contributed by atoms with van der Waals surface area (Å²) >= 11 is 0. The molecule has 1 aromatic carbocycles. The van der Waals surface area contributed by atoms with Crippen molar-refractivity contribution in [3.63, 3.8) is 0 Å². The first-order valence-electron chi connectivity index (χ1n) is 13.5. The number of carbonyl (C=O) groups is 2. The first-order valence-corrected chi connectivity index (χ1v) is 13.5. The Labute approximate surface area is 211 Å². The lowest BCUT2D eigenvalue weighted by molar-refractivity contribution is -0.134. The highest BCUT2D eigenvalue weighted by Crippen LogP contribution is 2.38. The van der Waals surface area contributed by atoms with Gasteiger partial charge in [-0.25, -0.2) is 4.79 Å². The minimum atomic E-state index is -0.730. The van der Waals surface area contributed by atoms with E-state index >= 15 is 0 Å². The summed E-state index contributed by atoms with van der Waals surface area (Å²) in [7, 11) is 3.86. The average Bonchev–Trinajstić information content (AvgIpc) is 3.35. The van der Waals surface area contributed by atoms with E-state index in [1.165, 1.54) is 22.4 Å². The topological polar surface area (TPSA) is 65.1 Å². The van der Waals surface area contributed by atoms with Gasteiger partial charge < -0.3 is 15.0 Å². The van der Waals surface area contributed by atoms with Gasteiger partial charge in [0.2, 0.25) is 0 Å². The molecule has 1 N–H and O–H groups in total. The SMILES string of the molecule is CCC[C@]1(C2CCN(Cc3cc(C)c(OC)cc3C)CC2)NC(=O)N(CC[C@@H]2CCCN2C)C1=O. The summed E-state index contributed by atoms with van der Waals surface area (Å²) in [5.41, 5.74) is 3.01. The number of methoxy groups -OCH3 is 1. The van der Waals surface area contributed by atoms with Gasteiger partial charge in [0.25, 0.3) is 5.91 Å². The van der Waals surface area contributed by atoms with Crippen molar-refractivity contribution in [2.45, 2.75) is 83.8 Å². The lowest BCUT2D eigenvalue weighted by Crippen LogP contribution is -2.56. The number of rotatable bonds is 9. The quantitative estimate of drug-likeness (QED) is 0.535. The monoisotopic (exact) mass is 484 g/mol. The lowest BCUT2D eigenvalue weighted by atomic mass is 9.74. The van der Waals surface area contributed by atoms with E-state index in [9.17, 15) is 9.59 Å². The van der Waals surface area contributed by atoms with Gasteiger partial charge in [-0.05, 0) is 108 Å². The van der Waals surface area contributed by atoms with Crippen molar-refractivity contribution >= 4 is 11.9 Å². The van der Waals surface area contributed by atoms with Crippen LogP contribution in [0.25, 0.3) is 0 Å². The van der Waals surface area contributed by atoms with Crippen molar-refractivity contribution in [2.24, 2.45) is 5.92 Å². The zero-order valence-corrected chi connectivity index (χ0v) is 22.4. The second-order valence-corrected chi connectivity index (χ2v) is 11.0. The highest BCUT2D eigenvalue weighted by molar-refractivity contribution is 6.07. The highest BCUT2D eigenvalue weighted by Gasteiger charge is 2.55. The van der Waals surface area contributed by atoms with Crippen LogP contribution in [0.2, 0.25) is 0 Å². The molecule has 0 spiro atoms. The number of hydrogen-bond acceptors (Lipinski definition) is 5. The van der Waals surface area contributed by atoms with Crippen LogP contribution in [0.15, 0.2) is 12.1 Å². The molecule has 3 aliphatic heterocycles. The average molecular weight is 485 g/mol. The predicted molar refractivity (Wildman–Crippen MR) is 139 cm³/mol. The van der Waals surface area contributed by atoms with Crippen LogP contribution in [0, 0.1) is 19.8 Å². The van der Waals surface area contributed by atoms with Crippen LogP contribution in [0.5, 0.6) is 5.75 Å². The summed E-state index contributed by atoms with van der Waals surface area (Å²) < 4.78 is 5.47. The van der Waals surface area contributed by atoms with Crippen LogP contribution < -0.4 is 10.1 Å². The largest absolute Gasteiger partial charge is 0.496 e. The van der Waals surface area contributed by atoms with Gasteiger partial charge in [0.05, 0.1) is 7.11 Å². The van der Waals surface area contributed by atoms with E-state index in [-0.39, 0.29) is 17.9 Å². The molecule has 0 radical (unpaired) electrons. The number of nitrogens with zero attached hydrogens (tertiary/aromatic N) is 3. The molecule has 4 rings (SSSR count). The number of nitrogens with one attached hydrogen (secondary N) is 1. The molecule has 35 heavy (non-hydrogen) atoms. The fraction of sp³-hybridized carbons (Fsp3) is 0.714. The van der Waals surface area contributed by atoms with Crippen molar-refractivity contribution in [1.82, 2.24) is 20.0 Å². The van der Waals surface area contributed by atoms with Gasteiger partial charge in [-0.15, -0.1) is 0 Å². The Morgan fingerprint density at radius 1 is 1.09 bits per heavy atom. The number of carbonyl (C=O) groups excluding carboxylic acids is 2. The van der Waals surface area contributed by atoms with Crippen LogP contribution in [-0.2, 0) is 11.3 Å². The summed E-state index contributed by atoms with van der Waals surface area (Å²) in [4.78, 5) is 33.1. The maximum absolute atomic E-state index is 13.7. The minimum Gasteiger partial charge on any atom is -0.496 e. The van der Waals surface area contributed by atoms with E-state index in [4.69, 9.17) is 4.74 Å². The molecule has 7 heteroatoms. The van der Waals surface area contributed by atoms with Crippen molar-refractivity contribution < 1.29 is 14.3 Å². The Hall–Kier alpha value is -2.12. The fourth-order valence-corrected chi connectivity index (χ4v) is 6.58. The molecule has 3 amide bonds. The molecule has 0 bridgehead atoms. The van der Waals surface area contributed by atoms with E-state index in [1.54, 1.807) is 7.11 Å². The number of imide groups is 1. The third-order valence-corrected chi connectivity index (χ3v) is 8.74. The summed E-state index contributed by atoms with van der Waals surface area (Å²) in [6.07, 6.45) is 6.70. The van der Waals surface area contributed by atoms with Gasteiger partial charge in [0.15, 0.2) is 0 Å². The zero-order chi connectivity index (χ0) is 25.2. The summed E-state index contributed by atoms with van der Waals surface area (Å²) in [6, 6.07) is 4.65. The Morgan fingerprint density at radius 3 is 2.46 bits per heavy atom. The molecule has 0 unspecified atom stereocenters. The van der Waals surface area contributed by atoms with E-state index in [0.717, 1.165) is 76.0 Å². The Kier molecular flexibility index (Phi) is 8.06. The molecule has 194 valence electrons. The van der Waals surface area contributed by atoms with Gasteiger partial charge in [0, 0.05) is 19.1 Å². The Morgan fingerprint density at radius 2 is 1.83 bits per heavy atom. The number of ether oxygens (including phenoxy) is 1. The van der Waals surface area contributed by atoms with E-state index < -0.39 is 5.54 Å². The van der Waals surface area contributed by atoms with Crippen LogP contribution >= 0.6 is 0 Å². The van der Waals surface area contributed by atoms with E-state index in [0.29, 0.717) is 12.6 Å². The molecule has 7 nitrogen and oxygen atoms in total. The number of benzene rings is 1. The minimum absolute atomic E-state index is 0.0186. The normalized spacial score (nSPS) is 26.5. The molecule has 0 aliphatic carbocycles. The molecule has 2 atom stereocenters. The molecular formula is C28H44N4O3. The maximum atomic E-state index is 13.7. The summed E-state index contributed by atoms with van der Waals surface area (Å²) in [5.74, 6) is 1.14. The van der Waals surface area contributed by atoms with Crippen LogP contribution in [-0.4, -0.2) is 78.6 Å². The van der Waals surface area contributed by atoms with Crippen LogP contribution in [0.1, 0.15) is 68.6 Å². The molecule has 3 fully saturated rings. The van der Waals surface area contributed by atoms with Gasteiger partial charge in [-0.3, -0.25) is 14.6 Å². The lowest BCUT2D eigenvalue weighted by Gasteiger charge is -2.41. The van der Waals surface area contributed by atoms with Gasteiger partial charge >= 0.3 is 6.03 Å². The number of piperidine rings is 1. The summed E-state index contributed by atoms with van der Waals surface area (Å²) in [5, 5.41) is 3.21. The third-order valence-electron chi connectivity index (χ3n) is 8.74. The first-order chi connectivity index (χ1) is 16.8. The molecule has 0 saturated carbocycles. The number of likely N-dealkylation sites (tertiary alicyclic amines) is 2. The third kappa shape index (κ3) is 5.21. The second kappa shape index (κ2) is 10.9. The number of aryl methyl sites for hydroxylation is 2. The molecule has 1 aromatic rings. The van der Waals surface area contributed by atoms with Gasteiger partial charge in [-0.2, -0.15) is 0 Å². The van der Waals surface area contributed by atoms with Gasteiger partial charge in [-0.1, -0.05) is 19.4 Å². The van der Waals surface area contributed by atoms with Crippen molar-refractivity contribution in [3.05, 3.63) is 28.8 Å². The molecule has 3 saturated heterocycles. The van der Waals surface area contributed by atoms with Crippen LogP contribution in [0.4, 0.5) is 4.79 Å². The predicted octanol–water partition coefficient (Wildman–Crippen LogP) is 4.10. The fourth-order valence-electron chi connectivity index (χ4n) is 6.58. The van der Waals surface area contributed by atoms with Crippen molar-refractivity contribution in [2.75, 3.05) is 40.3 Å². The number of hydrogen-bond donors (Lipinski definition) is 1. The zero-order valence-electron chi connectivity index (χ0n) is 22.4. The first kappa shape index (κ1) is 26.0. The molecule has 0 aromatic heterocycles. The van der Waals surface area contributed by atoms with E-state index in [1.807, 2.05) is 0 Å². The van der Waals surface area contributed by atoms with Crippen molar-refractivity contribution in [1.29, 1.82) is 0 Å². The summed E-state index contributed by atoms with van der Waals surface area (Å²) in [6.45, 7) is 10.8. The van der Waals surface area contributed by atoms with Crippen molar-refractivity contribution in [3.8, 4) is 5.75 Å². The highest BCUT2D eigenvalue weighted by atomic mass is 16.5. The smallest absolute Gasteiger partial charge is 0.325 e. The Bertz CT molecular complexity index is 927. The molecule has 3 aliphatic rings. The standard InChI is InChI=1S/C28H44N4O3/c1-6-12-28(26(33)32(27(34)29-28)16-11-24-8-7-13-30(24)4)23-9-14-31(15-10-23)19-22-17-21(3)25(35-5)18-20(22)2/h17-18,23-24H,6-16,19H2,1-5H3,(H,29,34)/t24-,28+/m0/s1. The second-order valence-electron chi connectivity index (χ2n) is 11.0. The van der Waals surface area contributed by atoms with Gasteiger partial charge in [0.1, 0.15) is 11.3 Å². The number of amides is 3. The van der Waals surface area contributed by atoms with E-state index in [2.05, 4.69) is 55.1 Å². The Balaban J connectivity index is 1.40. The molecule has 3 heterocycles. The number of urea groups is 1. The molecular weight excluding hydrogens is 440 g/mol. The van der Waals surface area contributed by atoms with Crippen LogP contribution in [0.3, 0.4) is 0 Å². The maximum Gasteiger partial charge on any atom is 0.325 e.